The third kappa shape index (κ3) is 2.70. The smallest absolute Gasteiger partial charge is 0.138 e. The van der Waals surface area contributed by atoms with E-state index in [0.29, 0.717) is 33.4 Å². The van der Waals surface area contributed by atoms with E-state index in [4.69, 9.17) is 0 Å². The molecule has 0 spiro atoms. The summed E-state index contributed by atoms with van der Waals surface area (Å²) in [6.07, 6.45) is 14.1. The Labute approximate surface area is 192 Å². The van der Waals surface area contributed by atoms with Crippen LogP contribution in [0.4, 0.5) is 0 Å². The first-order valence-electron chi connectivity index (χ1n) is 13.5. The largest absolute Gasteiger partial charge is 0.299 e. The van der Waals surface area contributed by atoms with E-state index in [0.717, 1.165) is 18.8 Å². The van der Waals surface area contributed by atoms with E-state index in [-0.39, 0.29) is 10.8 Å². The van der Waals surface area contributed by atoms with Crippen LogP contribution in [-0.4, -0.2) is 5.78 Å². The molecule has 174 valence electrons. The summed E-state index contributed by atoms with van der Waals surface area (Å²) in [6.45, 7) is 20.2. The van der Waals surface area contributed by atoms with Gasteiger partial charge in [0.1, 0.15) is 5.78 Å². The number of hydrogen-bond donors (Lipinski definition) is 0. The number of rotatable bonds is 0. The first-order valence-corrected chi connectivity index (χ1v) is 13.5. The number of hydrogen-bond acceptors (Lipinski definition) is 1. The minimum Gasteiger partial charge on any atom is -0.299 e. The molecule has 0 aliphatic heterocycles. The lowest BCUT2D eigenvalue weighted by Gasteiger charge is -2.69. The summed E-state index contributed by atoms with van der Waals surface area (Å²) in [5.41, 5.74) is 5.63. The summed E-state index contributed by atoms with van der Waals surface area (Å²) in [5.74, 6) is 1.91. The summed E-state index contributed by atoms with van der Waals surface area (Å²) in [4.78, 5) is 12.9. The number of carbonyl (C=O) groups is 1. The van der Waals surface area contributed by atoms with Gasteiger partial charge < -0.3 is 0 Å². The summed E-state index contributed by atoms with van der Waals surface area (Å²) >= 11 is 0. The summed E-state index contributed by atoms with van der Waals surface area (Å²) < 4.78 is 0. The fraction of sp³-hybridized carbons (Fsp3) is 0.900. The fourth-order valence-corrected chi connectivity index (χ4v) is 10.3. The summed E-state index contributed by atoms with van der Waals surface area (Å²) in [6, 6.07) is 0. The Morgan fingerprint density at radius 2 is 1.35 bits per heavy atom. The number of carbonyl (C=O) groups excluding carboxylic acids is 1. The fourth-order valence-electron chi connectivity index (χ4n) is 10.3. The number of fused-ring (bicyclic) bond motifs is 6. The zero-order valence-corrected chi connectivity index (χ0v) is 21.8. The summed E-state index contributed by atoms with van der Waals surface area (Å²) in [7, 11) is 0. The molecular formula is C30H48O. The third-order valence-electron chi connectivity index (χ3n) is 12.7. The van der Waals surface area contributed by atoms with Crippen LogP contribution >= 0.6 is 0 Å². The topological polar surface area (TPSA) is 17.1 Å². The van der Waals surface area contributed by atoms with E-state index in [1.165, 1.54) is 57.8 Å². The van der Waals surface area contributed by atoms with Crippen molar-refractivity contribution in [2.45, 2.75) is 126 Å². The van der Waals surface area contributed by atoms with Gasteiger partial charge in [-0.05, 0) is 103 Å². The van der Waals surface area contributed by atoms with Gasteiger partial charge in [-0.2, -0.15) is 0 Å². The van der Waals surface area contributed by atoms with Crippen molar-refractivity contribution < 1.29 is 4.79 Å². The Hall–Kier alpha value is -0.590. The van der Waals surface area contributed by atoms with Gasteiger partial charge in [0.15, 0.2) is 0 Å². The van der Waals surface area contributed by atoms with Gasteiger partial charge in [0.2, 0.25) is 0 Å². The molecule has 1 heteroatoms. The van der Waals surface area contributed by atoms with Crippen LogP contribution in [0.25, 0.3) is 0 Å². The van der Waals surface area contributed by atoms with Crippen molar-refractivity contribution >= 4 is 5.78 Å². The highest BCUT2D eigenvalue weighted by atomic mass is 16.1. The number of Topliss-reactive ketones (excluding diaryl/α,β-unsaturated/α-hetero) is 1. The Kier molecular flexibility index (Phi) is 4.51. The van der Waals surface area contributed by atoms with E-state index < -0.39 is 0 Å². The SMILES string of the molecule is CC1(C)CC[C@]2(C)CC[C@]3(C)C4=C(CC[C@@]3(C)[C@@H]2C1)[C@@]1(C)CCC(=O)C(C)(C)[C@H]1CC4. The van der Waals surface area contributed by atoms with E-state index in [1.807, 2.05) is 11.1 Å². The van der Waals surface area contributed by atoms with Crippen molar-refractivity contribution in [2.24, 2.45) is 44.3 Å². The van der Waals surface area contributed by atoms with Gasteiger partial charge in [-0.3, -0.25) is 4.79 Å². The first kappa shape index (κ1) is 22.2. The number of ketones is 1. The highest BCUT2D eigenvalue weighted by Crippen LogP contribution is 2.74. The highest BCUT2D eigenvalue weighted by Gasteiger charge is 2.65. The molecule has 0 unspecified atom stereocenters. The van der Waals surface area contributed by atoms with Crippen LogP contribution in [-0.2, 0) is 4.79 Å². The van der Waals surface area contributed by atoms with Crippen molar-refractivity contribution in [2.75, 3.05) is 0 Å². The van der Waals surface area contributed by atoms with Gasteiger partial charge in [0, 0.05) is 11.8 Å². The maximum atomic E-state index is 12.9. The van der Waals surface area contributed by atoms with Crippen LogP contribution in [0.15, 0.2) is 11.1 Å². The molecule has 0 radical (unpaired) electrons. The number of allylic oxidation sites excluding steroid dienone is 2. The molecule has 5 aliphatic rings. The molecule has 0 aromatic heterocycles. The van der Waals surface area contributed by atoms with Crippen LogP contribution in [0.3, 0.4) is 0 Å². The Balaban J connectivity index is 1.60. The molecule has 0 amide bonds. The molecule has 6 atom stereocenters. The van der Waals surface area contributed by atoms with Crippen molar-refractivity contribution in [3.05, 3.63) is 11.1 Å². The Morgan fingerprint density at radius 3 is 2.06 bits per heavy atom. The molecule has 0 bridgehead atoms. The first-order chi connectivity index (χ1) is 14.2. The molecular weight excluding hydrogens is 376 g/mol. The second-order valence-electron chi connectivity index (χ2n) is 14.9. The molecule has 3 fully saturated rings. The van der Waals surface area contributed by atoms with Gasteiger partial charge in [0.25, 0.3) is 0 Å². The average molecular weight is 425 g/mol. The van der Waals surface area contributed by atoms with Crippen molar-refractivity contribution in [3.8, 4) is 0 Å². The lowest BCUT2D eigenvalue weighted by Crippen LogP contribution is -2.60. The van der Waals surface area contributed by atoms with Gasteiger partial charge in [-0.15, -0.1) is 0 Å². The van der Waals surface area contributed by atoms with Gasteiger partial charge in [-0.1, -0.05) is 66.5 Å². The van der Waals surface area contributed by atoms with Gasteiger partial charge in [0.05, 0.1) is 0 Å². The molecule has 1 nitrogen and oxygen atoms in total. The molecule has 0 saturated heterocycles. The van der Waals surface area contributed by atoms with Gasteiger partial charge in [-0.25, -0.2) is 0 Å². The zero-order chi connectivity index (χ0) is 22.7. The van der Waals surface area contributed by atoms with Crippen LogP contribution in [0, 0.1) is 44.3 Å². The molecule has 0 aromatic rings. The second-order valence-corrected chi connectivity index (χ2v) is 14.9. The van der Waals surface area contributed by atoms with E-state index in [2.05, 4.69) is 55.4 Å². The van der Waals surface area contributed by atoms with Crippen LogP contribution in [0.5, 0.6) is 0 Å². The van der Waals surface area contributed by atoms with Crippen LogP contribution in [0.2, 0.25) is 0 Å². The minimum atomic E-state index is -0.147. The predicted molar refractivity (Wildman–Crippen MR) is 130 cm³/mol. The maximum absolute atomic E-state index is 12.9. The molecule has 0 aromatic carbocycles. The Morgan fingerprint density at radius 1 is 0.677 bits per heavy atom. The molecule has 3 saturated carbocycles. The monoisotopic (exact) mass is 424 g/mol. The van der Waals surface area contributed by atoms with Crippen LogP contribution in [0.1, 0.15) is 126 Å². The minimum absolute atomic E-state index is 0.147. The van der Waals surface area contributed by atoms with Crippen molar-refractivity contribution in [1.29, 1.82) is 0 Å². The lowest BCUT2D eigenvalue weighted by molar-refractivity contribution is -0.154. The highest BCUT2D eigenvalue weighted by molar-refractivity contribution is 5.85. The second kappa shape index (κ2) is 6.29. The standard InChI is InChI=1S/C30H48O/c1-25(2)15-16-27(5)17-18-29(7)21-9-10-22-26(3,4)24(31)12-13-28(22,6)20(21)11-14-30(29,8)23(27)19-25/h22-23H,9-19H2,1-8H3/t22-,23-,27-,28-,29-,30+/m1/s1. The zero-order valence-electron chi connectivity index (χ0n) is 21.8. The van der Waals surface area contributed by atoms with E-state index >= 15 is 0 Å². The van der Waals surface area contributed by atoms with Crippen LogP contribution < -0.4 is 0 Å². The molecule has 0 heterocycles. The predicted octanol–water partition coefficient (Wildman–Crippen LogP) is 8.52. The maximum Gasteiger partial charge on any atom is 0.138 e. The van der Waals surface area contributed by atoms with Gasteiger partial charge >= 0.3 is 0 Å². The van der Waals surface area contributed by atoms with Crippen molar-refractivity contribution in [1.82, 2.24) is 0 Å². The molecule has 0 N–H and O–H groups in total. The molecule has 5 aliphatic carbocycles. The van der Waals surface area contributed by atoms with E-state index in [1.54, 1.807) is 0 Å². The molecule has 31 heavy (non-hydrogen) atoms. The lowest BCUT2D eigenvalue weighted by atomic mass is 9.35. The van der Waals surface area contributed by atoms with E-state index in [9.17, 15) is 4.79 Å². The third-order valence-corrected chi connectivity index (χ3v) is 12.7. The Bertz CT molecular complexity index is 844. The quantitative estimate of drug-likeness (QED) is 0.356. The average Bonchev–Trinajstić information content (AvgIpc) is 2.68. The van der Waals surface area contributed by atoms with Crippen molar-refractivity contribution in [3.63, 3.8) is 0 Å². The molecule has 5 rings (SSSR count). The normalized spacial score (nSPS) is 50.8. The summed E-state index contributed by atoms with van der Waals surface area (Å²) in [5, 5.41) is 0.